The molecule has 2 unspecified atom stereocenters. The third-order valence-corrected chi connectivity index (χ3v) is 2.20. The first kappa shape index (κ1) is 10.9. The van der Waals surface area contributed by atoms with Gasteiger partial charge in [-0.1, -0.05) is 13.8 Å². The highest BCUT2D eigenvalue weighted by Gasteiger charge is 2.21. The monoisotopic (exact) mass is 159 g/mol. The van der Waals surface area contributed by atoms with E-state index in [1.54, 1.807) is 0 Å². The second kappa shape index (κ2) is 5.56. The minimum absolute atomic E-state index is 0.406. The Balaban J connectivity index is 0.000000461. The van der Waals surface area contributed by atoms with Crippen molar-refractivity contribution in [3.63, 3.8) is 0 Å². The van der Waals surface area contributed by atoms with Gasteiger partial charge >= 0.3 is 0 Å². The molecule has 0 aromatic rings. The molecule has 0 aromatic heterocycles. The molecular formula is C9H21NO. The number of hydrogen-bond donors (Lipinski definition) is 0. The van der Waals surface area contributed by atoms with Gasteiger partial charge in [-0.25, -0.2) is 0 Å². The van der Waals surface area contributed by atoms with Gasteiger partial charge in [0, 0.05) is 12.6 Å². The van der Waals surface area contributed by atoms with Crippen LogP contribution in [0.3, 0.4) is 0 Å². The van der Waals surface area contributed by atoms with Crippen LogP contribution in [0.25, 0.3) is 0 Å². The summed E-state index contributed by atoms with van der Waals surface area (Å²) in [5.74, 6) is 0. The van der Waals surface area contributed by atoms with Gasteiger partial charge in [-0.2, -0.15) is 0 Å². The molecule has 1 aliphatic heterocycles. The maximum Gasteiger partial charge on any atom is 0.0699 e. The first-order chi connectivity index (χ1) is 5.22. The Morgan fingerprint density at radius 2 is 1.82 bits per heavy atom. The van der Waals surface area contributed by atoms with Crippen LogP contribution in [-0.2, 0) is 4.74 Å². The van der Waals surface area contributed by atoms with Crippen LogP contribution in [0, 0.1) is 0 Å². The minimum Gasteiger partial charge on any atom is -0.376 e. The highest BCUT2D eigenvalue weighted by Crippen LogP contribution is 2.09. The van der Waals surface area contributed by atoms with Crippen LogP contribution in [0.5, 0.6) is 0 Å². The van der Waals surface area contributed by atoms with E-state index >= 15 is 0 Å². The fraction of sp³-hybridized carbons (Fsp3) is 1.00. The normalized spacial score (nSPS) is 32.5. The second-order valence-corrected chi connectivity index (χ2v) is 2.80. The van der Waals surface area contributed by atoms with E-state index < -0.39 is 0 Å². The van der Waals surface area contributed by atoms with Gasteiger partial charge < -0.3 is 4.74 Å². The molecule has 1 saturated heterocycles. The van der Waals surface area contributed by atoms with Crippen molar-refractivity contribution in [2.24, 2.45) is 0 Å². The Morgan fingerprint density at radius 1 is 1.27 bits per heavy atom. The van der Waals surface area contributed by atoms with E-state index in [1.165, 1.54) is 0 Å². The van der Waals surface area contributed by atoms with E-state index in [2.05, 4.69) is 25.8 Å². The second-order valence-electron chi connectivity index (χ2n) is 2.80. The zero-order valence-electron chi connectivity index (χ0n) is 8.42. The summed E-state index contributed by atoms with van der Waals surface area (Å²) < 4.78 is 5.42. The molecule has 0 N–H and O–H groups in total. The molecule has 2 heteroatoms. The van der Waals surface area contributed by atoms with Gasteiger partial charge in [0.1, 0.15) is 0 Å². The lowest BCUT2D eigenvalue weighted by molar-refractivity contribution is -0.0448. The molecule has 0 radical (unpaired) electrons. The Labute approximate surface area is 70.5 Å². The van der Waals surface area contributed by atoms with Crippen LogP contribution in [0.4, 0.5) is 0 Å². The van der Waals surface area contributed by atoms with Crippen LogP contribution in [0.15, 0.2) is 0 Å². The van der Waals surface area contributed by atoms with Crippen LogP contribution in [-0.4, -0.2) is 37.2 Å². The third-order valence-electron chi connectivity index (χ3n) is 2.20. The number of morpholine rings is 1. The van der Waals surface area contributed by atoms with Crippen molar-refractivity contribution in [2.45, 2.75) is 39.8 Å². The van der Waals surface area contributed by atoms with Gasteiger partial charge in [-0.15, -0.1) is 0 Å². The number of nitrogens with zero attached hydrogens (tertiary/aromatic N) is 1. The summed E-state index contributed by atoms with van der Waals surface area (Å²) in [5.41, 5.74) is 0. The van der Waals surface area contributed by atoms with Crippen molar-refractivity contribution in [1.29, 1.82) is 0 Å². The molecule has 0 aromatic carbocycles. The molecular weight excluding hydrogens is 138 g/mol. The number of hydrogen-bond acceptors (Lipinski definition) is 2. The zero-order chi connectivity index (χ0) is 8.85. The maximum atomic E-state index is 5.42. The van der Waals surface area contributed by atoms with E-state index in [9.17, 15) is 0 Å². The van der Waals surface area contributed by atoms with Crippen molar-refractivity contribution in [3.05, 3.63) is 0 Å². The molecule has 0 spiro atoms. The fourth-order valence-electron chi connectivity index (χ4n) is 1.08. The summed E-state index contributed by atoms with van der Waals surface area (Å²) in [7, 11) is 2.14. The molecule has 1 rings (SSSR count). The van der Waals surface area contributed by atoms with E-state index in [0.717, 1.165) is 13.2 Å². The van der Waals surface area contributed by atoms with Crippen molar-refractivity contribution >= 4 is 0 Å². The Kier molecular flexibility index (Phi) is 5.51. The average Bonchev–Trinajstić information content (AvgIpc) is 2.04. The predicted octanol–water partition coefficient (Wildman–Crippen LogP) is 1.75. The van der Waals surface area contributed by atoms with E-state index in [0.29, 0.717) is 12.1 Å². The number of rotatable bonds is 0. The van der Waals surface area contributed by atoms with E-state index in [1.807, 2.05) is 13.8 Å². The van der Waals surface area contributed by atoms with Crippen LogP contribution < -0.4 is 0 Å². The molecule has 2 nitrogen and oxygen atoms in total. The lowest BCUT2D eigenvalue weighted by Crippen LogP contribution is -2.45. The number of likely N-dealkylation sites (N-methyl/N-ethyl adjacent to an activating group) is 1. The molecule has 0 aliphatic carbocycles. The molecule has 1 fully saturated rings. The van der Waals surface area contributed by atoms with Crippen molar-refractivity contribution < 1.29 is 4.74 Å². The van der Waals surface area contributed by atoms with Crippen molar-refractivity contribution in [2.75, 3.05) is 20.2 Å². The summed E-state index contributed by atoms with van der Waals surface area (Å²) in [6.07, 6.45) is 0.406. The Bertz CT molecular complexity index is 85.6. The summed E-state index contributed by atoms with van der Waals surface area (Å²) in [5, 5.41) is 0. The fourth-order valence-corrected chi connectivity index (χ4v) is 1.08. The lowest BCUT2D eigenvalue weighted by Gasteiger charge is -2.34. The molecule has 11 heavy (non-hydrogen) atoms. The Morgan fingerprint density at radius 3 is 2.18 bits per heavy atom. The summed E-state index contributed by atoms with van der Waals surface area (Å²) in [6.45, 7) is 10.3. The van der Waals surface area contributed by atoms with Gasteiger partial charge in [0.05, 0.1) is 12.7 Å². The molecule has 2 atom stereocenters. The first-order valence-corrected chi connectivity index (χ1v) is 4.53. The van der Waals surface area contributed by atoms with Crippen LogP contribution in [0.1, 0.15) is 27.7 Å². The zero-order valence-corrected chi connectivity index (χ0v) is 8.42. The SMILES string of the molecule is CC.CC1OCCN(C)C1C. The molecule has 0 saturated carbocycles. The molecule has 1 aliphatic rings. The smallest absolute Gasteiger partial charge is 0.0699 e. The van der Waals surface area contributed by atoms with Gasteiger partial charge in [-0.3, -0.25) is 4.90 Å². The van der Waals surface area contributed by atoms with E-state index in [4.69, 9.17) is 4.74 Å². The Hall–Kier alpha value is -0.0800. The molecule has 1 heterocycles. The molecule has 68 valence electrons. The van der Waals surface area contributed by atoms with Gasteiger partial charge in [0.25, 0.3) is 0 Å². The standard InChI is InChI=1S/C7H15NO.C2H6/c1-6-7(2)9-5-4-8(6)3;1-2/h6-7H,4-5H2,1-3H3;1-2H3. The summed E-state index contributed by atoms with van der Waals surface area (Å²) >= 11 is 0. The molecule has 0 amide bonds. The first-order valence-electron chi connectivity index (χ1n) is 4.53. The summed E-state index contributed by atoms with van der Waals surface area (Å²) in [4.78, 5) is 2.33. The van der Waals surface area contributed by atoms with Gasteiger partial charge in [0.2, 0.25) is 0 Å². The van der Waals surface area contributed by atoms with Crippen molar-refractivity contribution in [3.8, 4) is 0 Å². The molecule has 0 bridgehead atoms. The van der Waals surface area contributed by atoms with Crippen LogP contribution in [0.2, 0.25) is 0 Å². The quantitative estimate of drug-likeness (QED) is 0.534. The van der Waals surface area contributed by atoms with Crippen LogP contribution >= 0.6 is 0 Å². The number of ether oxygens (including phenoxy) is 1. The predicted molar refractivity (Wildman–Crippen MR) is 48.9 cm³/mol. The average molecular weight is 159 g/mol. The lowest BCUT2D eigenvalue weighted by atomic mass is 10.1. The third kappa shape index (κ3) is 3.21. The minimum atomic E-state index is 0.406. The van der Waals surface area contributed by atoms with E-state index in [-0.39, 0.29) is 0 Å². The topological polar surface area (TPSA) is 12.5 Å². The summed E-state index contributed by atoms with van der Waals surface area (Å²) in [6, 6.07) is 0.582. The highest BCUT2D eigenvalue weighted by atomic mass is 16.5. The highest BCUT2D eigenvalue weighted by molar-refractivity contribution is 4.73. The van der Waals surface area contributed by atoms with Gasteiger partial charge in [-0.05, 0) is 20.9 Å². The van der Waals surface area contributed by atoms with Crippen molar-refractivity contribution in [1.82, 2.24) is 4.90 Å². The largest absolute Gasteiger partial charge is 0.376 e. The van der Waals surface area contributed by atoms with Gasteiger partial charge in [0.15, 0.2) is 0 Å². The maximum absolute atomic E-state index is 5.42.